The Labute approximate surface area is 243 Å². The first-order valence-electron chi connectivity index (χ1n) is 13.7. The highest BCUT2D eigenvalue weighted by molar-refractivity contribution is 7.48. The number of nitrogens with one attached hydrogen (secondary N) is 1. The van der Waals surface area contributed by atoms with Crippen LogP contribution in [0.5, 0.6) is 0 Å². The summed E-state index contributed by atoms with van der Waals surface area (Å²) in [4.78, 5) is 23.4. The number of anilines is 1. The Balaban J connectivity index is 1.42. The van der Waals surface area contributed by atoms with Crippen molar-refractivity contribution in [3.05, 3.63) is 64.2 Å². The third-order valence-electron chi connectivity index (χ3n) is 8.47. The SMILES string of the molecule is C=C1[C@H](CO[P@]2(=O)OCC[C@H](c3cccc(F)c3F)O2)[C@@H](O[Si](C)(C)C(C)(C)C)C[C@@H]1n1cnc2c(=O)[nH]c(N)nc21. The van der Waals surface area contributed by atoms with Crippen LogP contribution in [0.4, 0.5) is 14.7 Å². The van der Waals surface area contributed by atoms with Gasteiger partial charge in [0.05, 0.1) is 37.8 Å². The minimum atomic E-state index is -4.16. The van der Waals surface area contributed by atoms with Gasteiger partial charge < -0.3 is 14.7 Å². The molecule has 5 atom stereocenters. The summed E-state index contributed by atoms with van der Waals surface area (Å²) in [6.45, 7) is 14.8. The number of nitrogens with two attached hydrogens (primary N) is 1. The molecule has 2 fully saturated rings. The molecule has 0 spiro atoms. The Morgan fingerprint density at radius 1 is 1.31 bits per heavy atom. The van der Waals surface area contributed by atoms with Crippen LogP contribution in [0.25, 0.3) is 11.2 Å². The molecule has 15 heteroatoms. The predicted molar refractivity (Wildman–Crippen MR) is 155 cm³/mol. The number of halogens is 2. The third-order valence-corrected chi connectivity index (χ3v) is 14.5. The van der Waals surface area contributed by atoms with Gasteiger partial charge in [-0.2, -0.15) is 4.98 Å². The number of phosphoric ester groups is 1. The van der Waals surface area contributed by atoms with Gasteiger partial charge in [-0.25, -0.2) is 18.3 Å². The Hall–Kier alpha value is -2.74. The van der Waals surface area contributed by atoms with Gasteiger partial charge in [0, 0.05) is 17.9 Å². The van der Waals surface area contributed by atoms with Gasteiger partial charge in [0.25, 0.3) is 5.56 Å². The van der Waals surface area contributed by atoms with Crippen LogP contribution >= 0.6 is 7.82 Å². The van der Waals surface area contributed by atoms with Crippen molar-refractivity contribution < 1.29 is 31.3 Å². The summed E-state index contributed by atoms with van der Waals surface area (Å²) >= 11 is 0. The molecule has 0 bridgehead atoms. The molecular formula is C27H36F2N5O6PSi. The summed E-state index contributed by atoms with van der Waals surface area (Å²) in [5, 5.41) is -0.104. The number of nitrogen functional groups attached to an aromatic ring is 1. The van der Waals surface area contributed by atoms with E-state index in [9.17, 15) is 18.1 Å². The first kappa shape index (κ1) is 30.7. The molecule has 1 saturated carbocycles. The van der Waals surface area contributed by atoms with E-state index in [4.69, 9.17) is 23.7 Å². The monoisotopic (exact) mass is 623 g/mol. The summed E-state index contributed by atoms with van der Waals surface area (Å²) in [6.07, 6.45) is 0.746. The van der Waals surface area contributed by atoms with Gasteiger partial charge in [0.1, 0.15) is 0 Å². The average molecular weight is 624 g/mol. The van der Waals surface area contributed by atoms with Gasteiger partial charge in [-0.05, 0) is 36.2 Å². The second-order valence-corrected chi connectivity index (χ2v) is 18.6. The van der Waals surface area contributed by atoms with Crippen LogP contribution in [0, 0.1) is 17.6 Å². The summed E-state index contributed by atoms with van der Waals surface area (Å²) in [6, 6.07) is 3.37. The number of aromatic amines is 1. The molecule has 3 heterocycles. The fraction of sp³-hybridized carbons (Fsp3) is 0.519. The first-order valence-corrected chi connectivity index (χ1v) is 18.1. The van der Waals surface area contributed by atoms with Gasteiger partial charge in [0.2, 0.25) is 5.95 Å². The second-order valence-electron chi connectivity index (χ2n) is 12.2. The number of imidazole rings is 1. The van der Waals surface area contributed by atoms with E-state index >= 15 is 0 Å². The van der Waals surface area contributed by atoms with Crippen LogP contribution in [0.3, 0.4) is 0 Å². The molecule has 3 aromatic rings. The Bertz CT molecular complexity index is 1620. The van der Waals surface area contributed by atoms with Crippen molar-refractivity contribution in [2.24, 2.45) is 5.92 Å². The largest absolute Gasteiger partial charge is 0.475 e. The van der Waals surface area contributed by atoms with Crippen LogP contribution in [-0.4, -0.2) is 47.2 Å². The fourth-order valence-corrected chi connectivity index (χ4v) is 7.89. The van der Waals surface area contributed by atoms with Crippen molar-refractivity contribution in [3.8, 4) is 0 Å². The van der Waals surface area contributed by atoms with E-state index in [1.165, 1.54) is 18.5 Å². The van der Waals surface area contributed by atoms with Gasteiger partial charge in [-0.1, -0.05) is 39.5 Å². The number of nitrogens with zero attached hydrogens (tertiary/aromatic N) is 3. The number of H-pyrrole nitrogens is 1. The molecule has 3 N–H and O–H groups in total. The van der Waals surface area contributed by atoms with Crippen molar-refractivity contribution in [3.63, 3.8) is 0 Å². The van der Waals surface area contributed by atoms with Crippen molar-refractivity contribution in [2.75, 3.05) is 18.9 Å². The maximum Gasteiger partial charge on any atom is 0.475 e. The molecule has 228 valence electrons. The molecule has 2 aromatic heterocycles. The molecule has 1 saturated heterocycles. The quantitative estimate of drug-likeness (QED) is 0.190. The van der Waals surface area contributed by atoms with E-state index in [0.717, 1.165) is 6.07 Å². The summed E-state index contributed by atoms with van der Waals surface area (Å²) in [5.41, 5.74) is 6.44. The Morgan fingerprint density at radius 3 is 2.76 bits per heavy atom. The lowest BCUT2D eigenvalue weighted by atomic mass is 10.0. The zero-order valence-corrected chi connectivity index (χ0v) is 26.1. The molecule has 1 aromatic carbocycles. The van der Waals surface area contributed by atoms with Gasteiger partial charge in [-0.15, -0.1) is 0 Å². The highest BCUT2D eigenvalue weighted by Gasteiger charge is 2.48. The number of phosphoric acid groups is 1. The van der Waals surface area contributed by atoms with Gasteiger partial charge >= 0.3 is 7.82 Å². The van der Waals surface area contributed by atoms with Crippen molar-refractivity contribution in [2.45, 2.75) is 70.0 Å². The maximum absolute atomic E-state index is 14.5. The summed E-state index contributed by atoms with van der Waals surface area (Å²) in [7, 11) is -6.46. The van der Waals surface area contributed by atoms with Gasteiger partial charge in [0.15, 0.2) is 31.1 Å². The van der Waals surface area contributed by atoms with E-state index < -0.39 is 51.5 Å². The van der Waals surface area contributed by atoms with Gasteiger partial charge in [-0.3, -0.25) is 23.3 Å². The first-order chi connectivity index (χ1) is 19.6. The molecule has 0 amide bonds. The minimum absolute atomic E-state index is 0.0291. The summed E-state index contributed by atoms with van der Waals surface area (Å²) in [5.74, 6) is -2.58. The molecule has 1 aliphatic heterocycles. The van der Waals surface area contributed by atoms with Crippen LogP contribution in [0.2, 0.25) is 18.1 Å². The molecule has 5 rings (SSSR count). The standard InChI is InChI=1S/C27H36F2N5O6PSi/c1-15-17(13-38-41(36)37-11-10-20(39-41)16-8-7-9-18(28)22(16)29)21(40-42(5,6)27(2,3)4)12-19(15)34-14-31-23-24(34)32-26(30)33-25(23)35/h7-9,14,17,19-21H,1,10-13H2,2-6H3,(H3,30,32,33,35)/t17-,19-,20+,21-,41-/m0/s1. The minimum Gasteiger partial charge on any atom is -0.413 e. The normalized spacial score (nSPS) is 27.2. The molecule has 1 aliphatic carbocycles. The Morgan fingerprint density at radius 2 is 2.05 bits per heavy atom. The molecule has 11 nitrogen and oxygen atoms in total. The number of benzene rings is 1. The van der Waals surface area contributed by atoms with E-state index in [2.05, 4.69) is 55.4 Å². The van der Waals surface area contributed by atoms with E-state index in [0.29, 0.717) is 17.6 Å². The van der Waals surface area contributed by atoms with Crippen molar-refractivity contribution in [1.82, 2.24) is 19.5 Å². The molecule has 2 aliphatic rings. The highest BCUT2D eigenvalue weighted by Crippen LogP contribution is 2.58. The lowest BCUT2D eigenvalue weighted by Gasteiger charge is -2.40. The van der Waals surface area contributed by atoms with Crippen LogP contribution in [0.1, 0.15) is 51.3 Å². The third kappa shape index (κ3) is 5.75. The summed E-state index contributed by atoms with van der Waals surface area (Å²) < 4.78 is 67.3. The Kier molecular flexibility index (Phi) is 8.09. The van der Waals surface area contributed by atoms with Crippen molar-refractivity contribution in [1.29, 1.82) is 0 Å². The molecule has 42 heavy (non-hydrogen) atoms. The number of hydrogen-bond donors (Lipinski definition) is 2. The van der Waals surface area contributed by atoms with E-state index in [1.807, 2.05) is 0 Å². The second kappa shape index (κ2) is 11.1. The lowest BCUT2D eigenvalue weighted by Crippen LogP contribution is -2.45. The van der Waals surface area contributed by atoms with E-state index in [-0.39, 0.29) is 47.7 Å². The highest BCUT2D eigenvalue weighted by atomic mass is 31.2. The predicted octanol–water partition coefficient (Wildman–Crippen LogP) is 5.79. The average Bonchev–Trinajstić information content (AvgIpc) is 3.44. The van der Waals surface area contributed by atoms with Crippen LogP contribution < -0.4 is 11.3 Å². The maximum atomic E-state index is 14.5. The van der Waals surface area contributed by atoms with Crippen LogP contribution in [-0.2, 0) is 22.6 Å². The smallest absolute Gasteiger partial charge is 0.413 e. The number of fused-ring (bicyclic) bond motifs is 1. The molecule has 0 radical (unpaired) electrons. The zero-order valence-electron chi connectivity index (χ0n) is 24.2. The fourth-order valence-electron chi connectivity index (χ4n) is 5.12. The van der Waals surface area contributed by atoms with E-state index in [1.54, 1.807) is 4.57 Å². The number of aromatic nitrogens is 4. The molecular weight excluding hydrogens is 587 g/mol. The van der Waals surface area contributed by atoms with Crippen molar-refractivity contribution >= 4 is 33.3 Å². The topological polar surface area (TPSA) is 144 Å². The number of rotatable bonds is 7. The number of hydrogen-bond acceptors (Lipinski definition) is 9. The lowest BCUT2D eigenvalue weighted by molar-refractivity contribution is 0.0162. The molecule has 0 unspecified atom stereocenters. The van der Waals surface area contributed by atoms with Crippen LogP contribution in [0.15, 0.2) is 41.5 Å². The zero-order chi connectivity index (χ0) is 30.6.